The van der Waals surface area contributed by atoms with Crippen LogP contribution < -0.4 is 5.32 Å². The summed E-state index contributed by atoms with van der Waals surface area (Å²) in [5.74, 6) is 0.127. The molecule has 1 atom stereocenters. The van der Waals surface area contributed by atoms with Crippen molar-refractivity contribution in [2.24, 2.45) is 0 Å². The lowest BCUT2D eigenvalue weighted by atomic mass is 10.00. The van der Waals surface area contributed by atoms with E-state index in [9.17, 15) is 4.79 Å². The van der Waals surface area contributed by atoms with E-state index >= 15 is 0 Å². The van der Waals surface area contributed by atoms with Gasteiger partial charge in [-0.15, -0.1) is 0 Å². The molecule has 1 aliphatic rings. The Bertz CT molecular complexity index is 641. The van der Waals surface area contributed by atoms with Crippen LogP contribution in [0.15, 0.2) is 42.5 Å². The third-order valence-electron chi connectivity index (χ3n) is 4.48. The summed E-state index contributed by atoms with van der Waals surface area (Å²) < 4.78 is 0. The average molecular weight is 296 g/mol. The second-order valence-corrected chi connectivity index (χ2v) is 6.19. The van der Waals surface area contributed by atoms with Gasteiger partial charge in [-0.05, 0) is 49.2 Å². The van der Waals surface area contributed by atoms with Gasteiger partial charge >= 0.3 is 0 Å². The number of piperidine rings is 1. The first-order valence-electron chi connectivity index (χ1n) is 8.23. The predicted octanol–water partition coefficient (Wildman–Crippen LogP) is 3.50. The molecule has 1 aliphatic heterocycles. The summed E-state index contributed by atoms with van der Waals surface area (Å²) in [5.41, 5.74) is 1.19. The standard InChI is InChI=1S/C19H24N2O/c1-15(20-19(22)14-21-12-5-2-6-13-21)17-11-7-9-16-8-3-4-10-18(16)17/h3-4,7-11,15H,2,5-6,12-14H2,1H3,(H,20,22)/t15-/m1/s1. The van der Waals surface area contributed by atoms with Gasteiger partial charge in [0.25, 0.3) is 0 Å². The summed E-state index contributed by atoms with van der Waals surface area (Å²) in [6, 6.07) is 14.6. The Hall–Kier alpha value is -1.87. The molecule has 1 N–H and O–H groups in total. The highest BCUT2D eigenvalue weighted by molar-refractivity contribution is 5.87. The van der Waals surface area contributed by atoms with Crippen molar-refractivity contribution in [1.82, 2.24) is 10.2 Å². The molecule has 1 fully saturated rings. The molecule has 0 aromatic heterocycles. The number of benzene rings is 2. The van der Waals surface area contributed by atoms with Crippen LogP contribution in [0.1, 0.15) is 37.8 Å². The van der Waals surface area contributed by atoms with Crippen LogP contribution in [0.25, 0.3) is 10.8 Å². The second kappa shape index (κ2) is 6.93. The number of carbonyl (C=O) groups excluding carboxylic acids is 1. The summed E-state index contributed by atoms with van der Waals surface area (Å²) in [5, 5.41) is 5.59. The minimum atomic E-state index is 0.0309. The lowest BCUT2D eigenvalue weighted by Gasteiger charge is -2.26. The highest BCUT2D eigenvalue weighted by atomic mass is 16.2. The van der Waals surface area contributed by atoms with Gasteiger partial charge < -0.3 is 5.32 Å². The summed E-state index contributed by atoms with van der Waals surface area (Å²) in [7, 11) is 0. The Balaban J connectivity index is 1.67. The normalized spacial score (nSPS) is 17.3. The molecule has 1 saturated heterocycles. The molecule has 0 bridgehead atoms. The Kier molecular flexibility index (Phi) is 4.74. The van der Waals surface area contributed by atoms with E-state index in [4.69, 9.17) is 0 Å². The molecule has 22 heavy (non-hydrogen) atoms. The van der Waals surface area contributed by atoms with Gasteiger partial charge in [-0.25, -0.2) is 0 Å². The van der Waals surface area contributed by atoms with Crippen LogP contribution in [0, 0.1) is 0 Å². The van der Waals surface area contributed by atoms with E-state index in [0.29, 0.717) is 6.54 Å². The molecular weight excluding hydrogens is 272 g/mol. The van der Waals surface area contributed by atoms with Crippen molar-refractivity contribution < 1.29 is 4.79 Å². The fourth-order valence-electron chi connectivity index (χ4n) is 3.31. The van der Waals surface area contributed by atoms with Crippen molar-refractivity contribution in [2.75, 3.05) is 19.6 Å². The van der Waals surface area contributed by atoms with Gasteiger partial charge in [-0.3, -0.25) is 9.69 Å². The molecule has 1 amide bonds. The van der Waals surface area contributed by atoms with Crippen molar-refractivity contribution in [3.8, 4) is 0 Å². The SMILES string of the molecule is C[C@@H](NC(=O)CN1CCCCC1)c1cccc2ccccc12. The van der Waals surface area contributed by atoms with Gasteiger partial charge in [0.2, 0.25) is 5.91 Å². The molecule has 1 heterocycles. The van der Waals surface area contributed by atoms with Crippen molar-refractivity contribution >= 4 is 16.7 Å². The van der Waals surface area contributed by atoms with E-state index < -0.39 is 0 Å². The molecule has 0 aliphatic carbocycles. The minimum Gasteiger partial charge on any atom is -0.348 e. The van der Waals surface area contributed by atoms with Crippen LogP contribution in [-0.2, 0) is 4.79 Å². The molecule has 3 nitrogen and oxygen atoms in total. The van der Waals surface area contributed by atoms with E-state index in [-0.39, 0.29) is 11.9 Å². The minimum absolute atomic E-state index is 0.0309. The zero-order chi connectivity index (χ0) is 15.4. The van der Waals surface area contributed by atoms with E-state index in [2.05, 4.69) is 47.5 Å². The number of carbonyl (C=O) groups is 1. The van der Waals surface area contributed by atoms with E-state index in [1.807, 2.05) is 12.1 Å². The number of hydrogen-bond acceptors (Lipinski definition) is 2. The van der Waals surface area contributed by atoms with Crippen LogP contribution in [0.5, 0.6) is 0 Å². The summed E-state index contributed by atoms with van der Waals surface area (Å²) in [6.45, 7) is 4.69. The fraction of sp³-hybridized carbons (Fsp3) is 0.421. The van der Waals surface area contributed by atoms with Gasteiger partial charge in [0.15, 0.2) is 0 Å². The number of fused-ring (bicyclic) bond motifs is 1. The molecular formula is C19H24N2O. The largest absolute Gasteiger partial charge is 0.348 e. The molecule has 0 spiro atoms. The molecule has 3 rings (SSSR count). The number of nitrogens with zero attached hydrogens (tertiary/aromatic N) is 1. The highest BCUT2D eigenvalue weighted by Crippen LogP contribution is 2.24. The lowest BCUT2D eigenvalue weighted by molar-refractivity contribution is -0.123. The average Bonchev–Trinajstić information content (AvgIpc) is 2.55. The van der Waals surface area contributed by atoms with Gasteiger partial charge in [0, 0.05) is 0 Å². The third kappa shape index (κ3) is 3.47. The predicted molar refractivity (Wildman–Crippen MR) is 90.8 cm³/mol. The smallest absolute Gasteiger partial charge is 0.234 e. The second-order valence-electron chi connectivity index (χ2n) is 6.19. The Morgan fingerprint density at radius 1 is 1.09 bits per heavy atom. The van der Waals surface area contributed by atoms with Crippen LogP contribution in [0.2, 0.25) is 0 Å². The first kappa shape index (κ1) is 15.0. The van der Waals surface area contributed by atoms with Crippen molar-refractivity contribution in [3.05, 3.63) is 48.0 Å². The van der Waals surface area contributed by atoms with Gasteiger partial charge in [-0.2, -0.15) is 0 Å². The molecule has 0 radical (unpaired) electrons. The Labute approximate surface area is 132 Å². The van der Waals surface area contributed by atoms with Gasteiger partial charge in [0.1, 0.15) is 0 Å². The molecule has 0 unspecified atom stereocenters. The maximum absolute atomic E-state index is 12.3. The number of hydrogen-bond donors (Lipinski definition) is 1. The number of nitrogens with one attached hydrogen (secondary N) is 1. The lowest BCUT2D eigenvalue weighted by Crippen LogP contribution is -2.40. The summed E-state index contributed by atoms with van der Waals surface area (Å²) >= 11 is 0. The maximum Gasteiger partial charge on any atom is 0.234 e. The van der Waals surface area contributed by atoms with E-state index in [1.165, 1.54) is 35.6 Å². The topological polar surface area (TPSA) is 32.3 Å². The fourth-order valence-corrected chi connectivity index (χ4v) is 3.31. The summed E-state index contributed by atoms with van der Waals surface area (Å²) in [6.07, 6.45) is 3.73. The molecule has 3 heteroatoms. The molecule has 2 aromatic carbocycles. The van der Waals surface area contributed by atoms with Crippen LogP contribution >= 0.6 is 0 Å². The van der Waals surface area contributed by atoms with Crippen LogP contribution in [0.3, 0.4) is 0 Å². The number of rotatable bonds is 4. The van der Waals surface area contributed by atoms with Crippen molar-refractivity contribution in [1.29, 1.82) is 0 Å². The number of amides is 1. The monoisotopic (exact) mass is 296 g/mol. The van der Waals surface area contributed by atoms with Gasteiger partial charge in [-0.1, -0.05) is 48.9 Å². The Morgan fingerprint density at radius 2 is 1.82 bits per heavy atom. The molecule has 0 saturated carbocycles. The number of likely N-dealkylation sites (tertiary alicyclic amines) is 1. The summed E-state index contributed by atoms with van der Waals surface area (Å²) in [4.78, 5) is 14.5. The van der Waals surface area contributed by atoms with Crippen LogP contribution in [0.4, 0.5) is 0 Å². The van der Waals surface area contributed by atoms with Crippen LogP contribution in [-0.4, -0.2) is 30.4 Å². The van der Waals surface area contributed by atoms with Crippen molar-refractivity contribution in [3.63, 3.8) is 0 Å². The zero-order valence-electron chi connectivity index (χ0n) is 13.2. The maximum atomic E-state index is 12.3. The van der Waals surface area contributed by atoms with Crippen molar-refractivity contribution in [2.45, 2.75) is 32.2 Å². The zero-order valence-corrected chi connectivity index (χ0v) is 13.2. The third-order valence-corrected chi connectivity index (χ3v) is 4.48. The quantitative estimate of drug-likeness (QED) is 0.936. The Morgan fingerprint density at radius 3 is 2.64 bits per heavy atom. The van der Waals surface area contributed by atoms with Gasteiger partial charge in [0.05, 0.1) is 12.6 Å². The highest BCUT2D eigenvalue weighted by Gasteiger charge is 2.16. The first-order chi connectivity index (χ1) is 10.7. The molecule has 116 valence electrons. The first-order valence-corrected chi connectivity index (χ1v) is 8.23. The molecule has 2 aromatic rings. The van der Waals surface area contributed by atoms with E-state index in [1.54, 1.807) is 0 Å². The van der Waals surface area contributed by atoms with E-state index in [0.717, 1.165) is 13.1 Å².